The summed E-state index contributed by atoms with van der Waals surface area (Å²) in [5, 5.41) is 7.14. The van der Waals surface area contributed by atoms with E-state index in [1.165, 1.54) is 7.11 Å². The van der Waals surface area contributed by atoms with Gasteiger partial charge in [-0.05, 0) is 44.5 Å². The van der Waals surface area contributed by atoms with Crippen LogP contribution in [-0.2, 0) is 11.3 Å². The van der Waals surface area contributed by atoms with E-state index >= 15 is 0 Å². The minimum absolute atomic E-state index is 0.282. The molecular formula is C23H25N7O3. The monoisotopic (exact) mass is 447 g/mol. The summed E-state index contributed by atoms with van der Waals surface area (Å²) in [5.41, 5.74) is 10.4. The van der Waals surface area contributed by atoms with Crippen LogP contribution in [0.3, 0.4) is 0 Å². The molecule has 3 N–H and O–H groups in total. The van der Waals surface area contributed by atoms with Gasteiger partial charge in [0.2, 0.25) is 5.88 Å². The lowest BCUT2D eigenvalue weighted by molar-refractivity contribution is 0.0523. The van der Waals surface area contributed by atoms with Crippen LogP contribution in [0.5, 0.6) is 5.88 Å². The summed E-state index contributed by atoms with van der Waals surface area (Å²) in [5.74, 6) is 0.368. The van der Waals surface area contributed by atoms with Crippen LogP contribution in [0, 0.1) is 0 Å². The number of rotatable bonds is 5. The molecule has 0 fully saturated rings. The second kappa shape index (κ2) is 8.73. The van der Waals surface area contributed by atoms with Crippen molar-refractivity contribution in [3.63, 3.8) is 0 Å². The van der Waals surface area contributed by atoms with Gasteiger partial charge in [0.05, 0.1) is 24.7 Å². The molecule has 4 aromatic heterocycles. The first-order valence-corrected chi connectivity index (χ1v) is 10.3. The number of ether oxygens (including phenoxy) is 2. The van der Waals surface area contributed by atoms with Crippen molar-refractivity contribution in [2.24, 2.45) is 0 Å². The molecule has 10 nitrogen and oxygen atoms in total. The summed E-state index contributed by atoms with van der Waals surface area (Å²) < 4.78 is 12.1. The highest BCUT2D eigenvalue weighted by Crippen LogP contribution is 2.28. The fraction of sp³-hybridized carbons (Fsp3) is 0.261. The highest BCUT2D eigenvalue weighted by atomic mass is 16.6. The van der Waals surface area contributed by atoms with Crippen LogP contribution in [0.1, 0.15) is 26.3 Å². The minimum atomic E-state index is -0.561. The van der Waals surface area contributed by atoms with E-state index in [1.807, 2.05) is 39.1 Å². The molecule has 33 heavy (non-hydrogen) atoms. The summed E-state index contributed by atoms with van der Waals surface area (Å²) >= 11 is 0. The Balaban J connectivity index is 1.61. The maximum Gasteiger partial charge on any atom is 0.407 e. The Bertz CT molecular complexity index is 1310. The fourth-order valence-corrected chi connectivity index (χ4v) is 3.23. The van der Waals surface area contributed by atoms with E-state index in [-0.39, 0.29) is 6.54 Å². The second-order valence-electron chi connectivity index (χ2n) is 8.40. The zero-order valence-electron chi connectivity index (χ0n) is 18.9. The first kappa shape index (κ1) is 22.0. The lowest BCUT2D eigenvalue weighted by Gasteiger charge is -2.19. The molecule has 1 amide bonds. The van der Waals surface area contributed by atoms with Crippen molar-refractivity contribution in [3.05, 3.63) is 54.7 Å². The van der Waals surface area contributed by atoms with Crippen LogP contribution in [0.15, 0.2) is 49.2 Å². The van der Waals surface area contributed by atoms with Gasteiger partial charge >= 0.3 is 6.09 Å². The van der Waals surface area contributed by atoms with Gasteiger partial charge in [-0.2, -0.15) is 5.10 Å². The second-order valence-corrected chi connectivity index (χ2v) is 8.40. The van der Waals surface area contributed by atoms with E-state index in [2.05, 4.69) is 20.4 Å². The number of carbonyl (C=O) groups is 1. The third kappa shape index (κ3) is 5.00. The summed E-state index contributed by atoms with van der Waals surface area (Å²) in [6.07, 6.45) is 8.15. The number of methoxy groups -OCH3 is 1. The average molecular weight is 447 g/mol. The average Bonchev–Trinajstić information content (AvgIpc) is 3.20. The van der Waals surface area contributed by atoms with E-state index in [0.29, 0.717) is 22.9 Å². The number of nitrogens with two attached hydrogens (primary N) is 1. The van der Waals surface area contributed by atoms with Gasteiger partial charge in [0.25, 0.3) is 0 Å². The van der Waals surface area contributed by atoms with Gasteiger partial charge < -0.3 is 20.5 Å². The van der Waals surface area contributed by atoms with E-state index in [9.17, 15) is 4.79 Å². The van der Waals surface area contributed by atoms with E-state index < -0.39 is 11.7 Å². The number of alkyl carbamates (subject to hydrolysis) is 1. The topological polar surface area (TPSA) is 130 Å². The molecule has 0 aliphatic heterocycles. The van der Waals surface area contributed by atoms with Gasteiger partial charge in [-0.15, -0.1) is 0 Å². The predicted molar refractivity (Wildman–Crippen MR) is 123 cm³/mol. The van der Waals surface area contributed by atoms with Gasteiger partial charge in [-0.1, -0.05) is 0 Å². The van der Waals surface area contributed by atoms with Gasteiger partial charge in [0.15, 0.2) is 5.65 Å². The lowest BCUT2D eigenvalue weighted by Crippen LogP contribution is -2.32. The number of fused-ring (bicyclic) bond motifs is 1. The molecular weight excluding hydrogens is 422 g/mol. The van der Waals surface area contributed by atoms with E-state index in [4.69, 9.17) is 20.2 Å². The molecule has 0 saturated carbocycles. The van der Waals surface area contributed by atoms with Crippen molar-refractivity contribution in [2.45, 2.75) is 32.9 Å². The van der Waals surface area contributed by atoms with Crippen molar-refractivity contribution >= 4 is 17.4 Å². The number of carbonyl (C=O) groups excluding carboxylic acids is 1. The summed E-state index contributed by atoms with van der Waals surface area (Å²) in [7, 11) is 1.52. The molecule has 0 saturated heterocycles. The van der Waals surface area contributed by atoms with Crippen molar-refractivity contribution in [1.82, 2.24) is 29.9 Å². The Labute approximate surface area is 190 Å². The molecule has 0 aliphatic rings. The number of nitrogens with zero attached hydrogens (tertiary/aromatic N) is 5. The largest absolute Gasteiger partial charge is 0.480 e. The molecule has 4 heterocycles. The molecule has 0 atom stereocenters. The van der Waals surface area contributed by atoms with Gasteiger partial charge in [-0.3, -0.25) is 4.98 Å². The molecule has 0 unspecified atom stereocenters. The lowest BCUT2D eigenvalue weighted by atomic mass is 10.1. The number of hydrogen-bond donors (Lipinski definition) is 2. The zero-order chi connectivity index (χ0) is 23.6. The van der Waals surface area contributed by atoms with Gasteiger partial charge in [-0.25, -0.2) is 19.3 Å². The summed E-state index contributed by atoms with van der Waals surface area (Å²) in [6.45, 7) is 5.73. The molecule has 0 aromatic carbocycles. The summed E-state index contributed by atoms with van der Waals surface area (Å²) in [4.78, 5) is 25.3. The smallest absolute Gasteiger partial charge is 0.407 e. The van der Waals surface area contributed by atoms with Crippen molar-refractivity contribution < 1.29 is 14.3 Å². The SMILES string of the molecule is COc1ncc(-c2ccn3ncc(-c4cncc(CNC(=O)OC(C)(C)C)c4)c3n2)cc1N. The Morgan fingerprint density at radius 3 is 2.70 bits per heavy atom. The third-order valence-electron chi connectivity index (χ3n) is 4.68. The molecule has 0 radical (unpaired) electrons. The number of nitrogen functional groups attached to an aromatic ring is 1. The molecule has 4 rings (SSSR count). The summed E-state index contributed by atoms with van der Waals surface area (Å²) in [6, 6.07) is 5.54. The highest BCUT2D eigenvalue weighted by molar-refractivity contribution is 5.78. The number of anilines is 1. The van der Waals surface area contributed by atoms with Crippen LogP contribution in [-0.4, -0.2) is 43.4 Å². The Morgan fingerprint density at radius 1 is 1.15 bits per heavy atom. The Morgan fingerprint density at radius 2 is 1.97 bits per heavy atom. The molecule has 0 bridgehead atoms. The van der Waals surface area contributed by atoms with Gasteiger partial charge in [0.1, 0.15) is 5.60 Å². The van der Waals surface area contributed by atoms with E-state index in [0.717, 1.165) is 22.3 Å². The van der Waals surface area contributed by atoms with Crippen LogP contribution >= 0.6 is 0 Å². The molecule has 170 valence electrons. The Hall–Kier alpha value is -4.21. The number of amides is 1. The quantitative estimate of drug-likeness (QED) is 0.476. The van der Waals surface area contributed by atoms with Crippen molar-refractivity contribution in [1.29, 1.82) is 0 Å². The van der Waals surface area contributed by atoms with Crippen molar-refractivity contribution in [3.8, 4) is 28.3 Å². The van der Waals surface area contributed by atoms with Crippen LogP contribution in [0.4, 0.5) is 10.5 Å². The predicted octanol–water partition coefficient (Wildman–Crippen LogP) is 3.47. The highest BCUT2D eigenvalue weighted by Gasteiger charge is 2.16. The maximum absolute atomic E-state index is 12.0. The van der Waals surface area contributed by atoms with E-state index in [1.54, 1.807) is 35.4 Å². The van der Waals surface area contributed by atoms with Crippen molar-refractivity contribution in [2.75, 3.05) is 12.8 Å². The third-order valence-corrected chi connectivity index (χ3v) is 4.68. The van der Waals surface area contributed by atoms with Crippen LogP contribution < -0.4 is 15.8 Å². The number of aromatic nitrogens is 5. The Kier molecular flexibility index (Phi) is 5.82. The minimum Gasteiger partial charge on any atom is -0.480 e. The normalized spacial score (nSPS) is 11.4. The zero-order valence-corrected chi connectivity index (χ0v) is 18.9. The first-order valence-electron chi connectivity index (χ1n) is 10.3. The first-order chi connectivity index (χ1) is 15.7. The fourth-order valence-electron chi connectivity index (χ4n) is 3.23. The number of hydrogen-bond acceptors (Lipinski definition) is 8. The van der Waals surface area contributed by atoms with Crippen LogP contribution in [0.2, 0.25) is 0 Å². The van der Waals surface area contributed by atoms with Crippen LogP contribution in [0.25, 0.3) is 28.0 Å². The molecule has 0 aliphatic carbocycles. The maximum atomic E-state index is 12.0. The number of nitrogens with one attached hydrogen (secondary N) is 1. The molecule has 0 spiro atoms. The standard InChI is InChI=1S/C23H25N7O3/c1-23(2,3)33-22(31)27-10-14-7-15(11-25-9-14)17-13-28-30-6-5-19(29-20(17)30)16-8-18(24)21(32-4)26-12-16/h5-9,11-13H,10,24H2,1-4H3,(H,27,31). The number of pyridine rings is 2. The molecule has 10 heteroatoms. The van der Waals surface area contributed by atoms with Gasteiger partial charge in [0, 0.05) is 48.0 Å². The molecule has 4 aromatic rings.